The van der Waals surface area contributed by atoms with Crippen molar-refractivity contribution in [2.24, 2.45) is 5.92 Å². The zero-order valence-corrected chi connectivity index (χ0v) is 13.1. The molecule has 10 heteroatoms. The summed E-state index contributed by atoms with van der Waals surface area (Å²) in [5.74, 6) is -6.02. The molecule has 0 saturated heterocycles. The zero-order chi connectivity index (χ0) is 17.9. The van der Waals surface area contributed by atoms with Crippen molar-refractivity contribution in [3.8, 4) is 0 Å². The van der Waals surface area contributed by atoms with Gasteiger partial charge in [0.15, 0.2) is 0 Å². The lowest BCUT2D eigenvalue weighted by Gasteiger charge is -2.20. The van der Waals surface area contributed by atoms with Crippen LogP contribution in [0.2, 0.25) is 0 Å². The molecule has 0 aliphatic rings. The Morgan fingerprint density at radius 3 is 2.58 bits per heavy atom. The second-order valence-corrected chi connectivity index (χ2v) is 5.46. The number of nitrogens with zero attached hydrogens (tertiary/aromatic N) is 1. The predicted molar refractivity (Wildman–Crippen MR) is 82.8 cm³/mol. The highest BCUT2D eigenvalue weighted by atomic mass is 32.1. The van der Waals surface area contributed by atoms with Crippen LogP contribution in [0.15, 0.2) is 24.3 Å². The predicted octanol–water partition coefficient (Wildman–Crippen LogP) is 1.78. The standard InChI is InChI=1S/C14H14F3N3O3S/c15-14(16,17)8(6-24)12(21)18-11(13(22)23)5-10-7-3-1-2-4-9(7)19-20-10/h1-4,8,11,24H,5-6H2,(H,18,21)(H,19,20)(H,22,23)/t8-,11+/m0/s1. The Balaban J connectivity index is 2.18. The van der Waals surface area contributed by atoms with E-state index in [0.29, 0.717) is 16.6 Å². The fourth-order valence-electron chi connectivity index (χ4n) is 2.18. The molecule has 0 aliphatic carbocycles. The molecule has 0 bridgehead atoms. The summed E-state index contributed by atoms with van der Waals surface area (Å²) in [5, 5.41) is 18.4. The van der Waals surface area contributed by atoms with Gasteiger partial charge in [-0.05, 0) is 6.07 Å². The van der Waals surface area contributed by atoms with Gasteiger partial charge in [-0.15, -0.1) is 0 Å². The number of nitrogens with one attached hydrogen (secondary N) is 2. The molecule has 1 aromatic carbocycles. The summed E-state index contributed by atoms with van der Waals surface area (Å²) in [6, 6.07) is 5.36. The number of carboxylic acid groups (broad SMARTS) is 1. The van der Waals surface area contributed by atoms with Crippen LogP contribution in [-0.2, 0) is 16.0 Å². The number of hydrogen-bond acceptors (Lipinski definition) is 4. The van der Waals surface area contributed by atoms with E-state index in [2.05, 4.69) is 22.8 Å². The molecule has 1 aromatic heterocycles. The number of carbonyl (C=O) groups is 2. The number of alkyl halides is 3. The number of carboxylic acids is 1. The number of para-hydroxylation sites is 1. The second kappa shape index (κ2) is 7.12. The van der Waals surface area contributed by atoms with E-state index in [0.717, 1.165) is 0 Å². The maximum Gasteiger partial charge on any atom is 0.401 e. The molecule has 0 fully saturated rings. The van der Waals surface area contributed by atoms with Crippen LogP contribution < -0.4 is 5.32 Å². The molecule has 0 saturated carbocycles. The van der Waals surface area contributed by atoms with Crippen molar-refractivity contribution < 1.29 is 27.9 Å². The number of benzene rings is 1. The molecule has 6 nitrogen and oxygen atoms in total. The largest absolute Gasteiger partial charge is 0.480 e. The van der Waals surface area contributed by atoms with Gasteiger partial charge in [0.05, 0.1) is 11.2 Å². The van der Waals surface area contributed by atoms with Gasteiger partial charge in [-0.1, -0.05) is 18.2 Å². The molecule has 1 amide bonds. The first-order chi connectivity index (χ1) is 11.2. The summed E-state index contributed by atoms with van der Waals surface area (Å²) in [4.78, 5) is 23.1. The molecule has 0 spiro atoms. The minimum atomic E-state index is -4.80. The normalized spacial score (nSPS) is 14.3. The molecule has 3 N–H and O–H groups in total. The van der Waals surface area contributed by atoms with Crippen LogP contribution in [-0.4, -0.2) is 45.2 Å². The van der Waals surface area contributed by atoms with Crippen LogP contribution in [0.3, 0.4) is 0 Å². The Hall–Kier alpha value is -2.23. The maximum atomic E-state index is 12.7. The smallest absolute Gasteiger partial charge is 0.401 e. The third kappa shape index (κ3) is 3.99. The molecule has 2 atom stereocenters. The lowest BCUT2D eigenvalue weighted by molar-refractivity contribution is -0.178. The Labute approximate surface area is 139 Å². The molecule has 2 rings (SSSR count). The van der Waals surface area contributed by atoms with Crippen molar-refractivity contribution in [3.05, 3.63) is 30.0 Å². The fourth-order valence-corrected chi connectivity index (χ4v) is 2.55. The highest BCUT2D eigenvalue weighted by molar-refractivity contribution is 7.80. The monoisotopic (exact) mass is 361 g/mol. The summed E-state index contributed by atoms with van der Waals surface area (Å²) in [6.45, 7) is 0. The van der Waals surface area contributed by atoms with E-state index in [4.69, 9.17) is 0 Å². The van der Waals surface area contributed by atoms with E-state index in [1.54, 1.807) is 24.3 Å². The van der Waals surface area contributed by atoms with Gasteiger partial charge in [0.2, 0.25) is 5.91 Å². The van der Waals surface area contributed by atoms with E-state index in [9.17, 15) is 27.9 Å². The first-order valence-electron chi connectivity index (χ1n) is 6.86. The second-order valence-electron chi connectivity index (χ2n) is 5.10. The minimum absolute atomic E-state index is 0.248. The highest BCUT2D eigenvalue weighted by Gasteiger charge is 2.44. The van der Waals surface area contributed by atoms with Crippen LogP contribution in [0.4, 0.5) is 13.2 Å². The number of H-pyrrole nitrogens is 1. The number of aromatic amines is 1. The van der Waals surface area contributed by atoms with Crippen molar-refractivity contribution >= 4 is 35.4 Å². The molecule has 24 heavy (non-hydrogen) atoms. The maximum absolute atomic E-state index is 12.7. The van der Waals surface area contributed by atoms with Crippen molar-refractivity contribution in [1.82, 2.24) is 15.5 Å². The zero-order valence-electron chi connectivity index (χ0n) is 12.2. The van der Waals surface area contributed by atoms with Crippen molar-refractivity contribution in [3.63, 3.8) is 0 Å². The Bertz CT molecular complexity index is 747. The number of amides is 1. The first kappa shape index (κ1) is 18.1. The number of aliphatic carboxylic acids is 1. The number of carbonyl (C=O) groups excluding carboxylic acids is 1. The average Bonchev–Trinajstić information content (AvgIpc) is 2.89. The van der Waals surface area contributed by atoms with Gasteiger partial charge >= 0.3 is 12.1 Å². The lowest BCUT2D eigenvalue weighted by Crippen LogP contribution is -2.48. The van der Waals surface area contributed by atoms with Gasteiger partial charge in [0, 0.05) is 17.6 Å². The van der Waals surface area contributed by atoms with Crippen LogP contribution in [0, 0.1) is 5.92 Å². The summed E-state index contributed by atoms with van der Waals surface area (Å²) in [6.07, 6.45) is -5.05. The van der Waals surface area contributed by atoms with Crippen LogP contribution in [0.5, 0.6) is 0 Å². The van der Waals surface area contributed by atoms with E-state index >= 15 is 0 Å². The van der Waals surface area contributed by atoms with Gasteiger partial charge in [0.25, 0.3) is 0 Å². The van der Waals surface area contributed by atoms with Crippen molar-refractivity contribution in [2.75, 3.05) is 5.75 Å². The average molecular weight is 361 g/mol. The van der Waals surface area contributed by atoms with E-state index in [1.165, 1.54) is 0 Å². The topological polar surface area (TPSA) is 95.1 Å². The highest BCUT2D eigenvalue weighted by Crippen LogP contribution is 2.27. The van der Waals surface area contributed by atoms with Gasteiger partial charge in [0.1, 0.15) is 12.0 Å². The van der Waals surface area contributed by atoms with Gasteiger partial charge in [-0.25, -0.2) is 4.79 Å². The van der Waals surface area contributed by atoms with Crippen molar-refractivity contribution in [1.29, 1.82) is 0 Å². The number of aromatic nitrogens is 2. The molecule has 0 unspecified atom stereocenters. The Kier molecular flexibility index (Phi) is 5.37. The molecule has 2 aromatic rings. The van der Waals surface area contributed by atoms with Crippen molar-refractivity contribution in [2.45, 2.75) is 18.6 Å². The van der Waals surface area contributed by atoms with Crippen LogP contribution >= 0.6 is 12.6 Å². The third-order valence-electron chi connectivity index (χ3n) is 3.46. The molecule has 130 valence electrons. The lowest BCUT2D eigenvalue weighted by atomic mass is 10.1. The summed E-state index contributed by atoms with van der Waals surface area (Å²) < 4.78 is 38.2. The Morgan fingerprint density at radius 1 is 1.33 bits per heavy atom. The van der Waals surface area contributed by atoms with Gasteiger partial charge < -0.3 is 10.4 Å². The van der Waals surface area contributed by atoms with E-state index in [1.807, 2.05) is 5.32 Å². The van der Waals surface area contributed by atoms with E-state index < -0.39 is 35.8 Å². The molecule has 1 heterocycles. The molecule has 0 radical (unpaired) electrons. The SMILES string of the molecule is O=C(O)[C@@H](Cc1n[nH]c2ccccc12)NC(=O)[C@H](CS)C(F)(F)F. The quantitative estimate of drug-likeness (QED) is 0.590. The summed E-state index contributed by atoms with van der Waals surface area (Å²) in [5.41, 5.74) is 0.999. The van der Waals surface area contributed by atoms with Crippen LogP contribution in [0.1, 0.15) is 5.69 Å². The number of thiol groups is 1. The number of rotatable bonds is 6. The summed E-state index contributed by atoms with van der Waals surface area (Å²) in [7, 11) is 0. The number of halogens is 3. The fraction of sp³-hybridized carbons (Fsp3) is 0.357. The van der Waals surface area contributed by atoms with Gasteiger partial charge in [-0.2, -0.15) is 30.9 Å². The van der Waals surface area contributed by atoms with Gasteiger partial charge in [-0.3, -0.25) is 9.89 Å². The molecule has 0 aliphatic heterocycles. The molecular formula is C14H14F3N3O3S. The first-order valence-corrected chi connectivity index (χ1v) is 7.50. The Morgan fingerprint density at radius 2 is 2.00 bits per heavy atom. The number of hydrogen-bond donors (Lipinski definition) is 4. The number of fused-ring (bicyclic) bond motifs is 1. The summed E-state index contributed by atoms with van der Waals surface area (Å²) >= 11 is 3.51. The third-order valence-corrected chi connectivity index (χ3v) is 3.82. The minimum Gasteiger partial charge on any atom is -0.480 e. The molecular weight excluding hydrogens is 347 g/mol. The van der Waals surface area contributed by atoms with E-state index in [-0.39, 0.29) is 6.42 Å². The van der Waals surface area contributed by atoms with Crippen LogP contribution in [0.25, 0.3) is 10.9 Å².